The molecular weight excluding hydrogens is 522 g/mol. The van der Waals surface area contributed by atoms with Crippen LogP contribution in [0.5, 0.6) is 0 Å². The third-order valence-corrected chi connectivity index (χ3v) is 5.67. The van der Waals surface area contributed by atoms with Crippen molar-refractivity contribution < 1.29 is 13.9 Å². The highest BCUT2D eigenvalue weighted by molar-refractivity contribution is 14.1. The van der Waals surface area contributed by atoms with Gasteiger partial charge in [0.25, 0.3) is 0 Å². The van der Waals surface area contributed by atoms with E-state index in [0.717, 1.165) is 33.6 Å². The van der Waals surface area contributed by atoms with E-state index in [1.54, 1.807) is 11.0 Å². The Morgan fingerprint density at radius 1 is 1.09 bits per heavy atom. The monoisotopic (exact) mass is 548 g/mol. The summed E-state index contributed by atoms with van der Waals surface area (Å²) in [5, 5.41) is 0. The molecule has 1 atom stereocenters. The number of nitrogens with zero attached hydrogens (tertiary/aromatic N) is 4. The van der Waals surface area contributed by atoms with Gasteiger partial charge in [-0.25, -0.2) is 4.98 Å². The molecule has 1 aromatic heterocycles. The van der Waals surface area contributed by atoms with Crippen molar-refractivity contribution in [3.63, 3.8) is 0 Å². The predicted octanol–water partition coefficient (Wildman–Crippen LogP) is 4.26. The quantitative estimate of drug-likeness (QED) is 0.203. The van der Waals surface area contributed by atoms with Gasteiger partial charge in [-0.15, -0.1) is 0 Å². The van der Waals surface area contributed by atoms with Crippen molar-refractivity contribution in [3.05, 3.63) is 72.0 Å². The van der Waals surface area contributed by atoms with Crippen molar-refractivity contribution >= 4 is 34.1 Å². The maximum atomic E-state index is 14.5. The van der Waals surface area contributed by atoms with Gasteiger partial charge < -0.3 is 19.3 Å². The fourth-order valence-electron chi connectivity index (χ4n) is 3.56. The summed E-state index contributed by atoms with van der Waals surface area (Å²) in [6.45, 7) is 2.55. The van der Waals surface area contributed by atoms with Gasteiger partial charge in [-0.2, -0.15) is 4.39 Å². The molecule has 0 amide bonds. The summed E-state index contributed by atoms with van der Waals surface area (Å²) >= 11 is 2.29. The van der Waals surface area contributed by atoms with Crippen molar-refractivity contribution in [1.29, 1.82) is 0 Å². The van der Waals surface area contributed by atoms with Crippen LogP contribution in [-0.2, 0) is 9.47 Å². The first kappa shape index (κ1) is 22.7. The number of rotatable bonds is 9. The number of fused-ring (bicyclic) bond motifs is 1. The molecule has 0 aliphatic carbocycles. The number of aromatic nitrogens is 1. The summed E-state index contributed by atoms with van der Waals surface area (Å²) in [5.41, 5.74) is 3.30. The molecule has 0 saturated heterocycles. The maximum absolute atomic E-state index is 14.5. The van der Waals surface area contributed by atoms with Crippen LogP contribution in [0.1, 0.15) is 5.56 Å². The van der Waals surface area contributed by atoms with Crippen LogP contribution in [-0.4, -0.2) is 66.6 Å². The van der Waals surface area contributed by atoms with Crippen LogP contribution in [0.2, 0.25) is 0 Å². The Kier molecular flexibility index (Phi) is 7.41. The van der Waals surface area contributed by atoms with Gasteiger partial charge in [0, 0.05) is 30.3 Å². The zero-order chi connectivity index (χ0) is 22.5. The number of pyridine rings is 1. The second-order valence-electron chi connectivity index (χ2n) is 7.68. The van der Waals surface area contributed by atoms with Crippen LogP contribution >= 0.6 is 22.6 Å². The molecule has 0 fully saturated rings. The number of ether oxygens (including phenoxy) is 2. The van der Waals surface area contributed by atoms with Crippen LogP contribution in [0, 0.1) is 5.95 Å². The average Bonchev–Trinajstić information content (AvgIpc) is 3.22. The zero-order valence-electron chi connectivity index (χ0n) is 18.2. The summed E-state index contributed by atoms with van der Waals surface area (Å²) in [7, 11) is 3.68. The van der Waals surface area contributed by atoms with Crippen molar-refractivity contribution in [2.45, 2.75) is 6.17 Å². The third kappa shape index (κ3) is 5.29. The fourth-order valence-corrected chi connectivity index (χ4v) is 3.87. The van der Waals surface area contributed by atoms with Crippen molar-refractivity contribution in [3.8, 4) is 11.1 Å². The Hall–Kier alpha value is -2.46. The predicted molar refractivity (Wildman–Crippen MR) is 134 cm³/mol. The second kappa shape index (κ2) is 10.4. The molecule has 0 spiro atoms. The van der Waals surface area contributed by atoms with Gasteiger partial charge in [-0.1, -0.05) is 46.9 Å². The molecule has 32 heavy (non-hydrogen) atoms. The van der Waals surface area contributed by atoms with E-state index in [-0.39, 0.29) is 6.17 Å². The Morgan fingerprint density at radius 2 is 1.88 bits per heavy atom. The number of halogens is 2. The topological polar surface area (TPSA) is 50.2 Å². The standard InChI is InChI=1S/C24H26FIN4O2/c1-29(2)22-10-8-20(24(25)28-22)17-3-5-18(6-4-17)21-16-30-15-19(7-9-23(30)27-21)32-14-13-31-12-11-26/h3-10,15,23H,11-14,16H2,1-2H3. The Labute approximate surface area is 201 Å². The first-order chi connectivity index (χ1) is 15.5. The van der Waals surface area contributed by atoms with E-state index in [2.05, 4.69) is 32.5 Å². The summed E-state index contributed by atoms with van der Waals surface area (Å²) < 4.78 is 26.7. The molecule has 0 radical (unpaired) electrons. The number of allylic oxidation sites excluding steroid dienone is 1. The van der Waals surface area contributed by atoms with E-state index < -0.39 is 5.95 Å². The molecule has 4 rings (SSSR count). The largest absolute Gasteiger partial charge is 0.490 e. The maximum Gasteiger partial charge on any atom is 0.222 e. The number of hydrogen-bond donors (Lipinski definition) is 0. The number of benzene rings is 1. The number of aliphatic imine (C=N–C) groups is 1. The lowest BCUT2D eigenvalue weighted by molar-refractivity contribution is 0.0865. The molecule has 168 valence electrons. The normalized spacial score (nSPS) is 17.1. The van der Waals surface area contributed by atoms with Crippen LogP contribution in [0.4, 0.5) is 10.2 Å². The van der Waals surface area contributed by atoms with E-state index >= 15 is 0 Å². The van der Waals surface area contributed by atoms with Gasteiger partial charge >= 0.3 is 0 Å². The zero-order valence-corrected chi connectivity index (χ0v) is 20.3. The summed E-state index contributed by atoms with van der Waals surface area (Å²) in [5.74, 6) is 0.939. The van der Waals surface area contributed by atoms with E-state index in [9.17, 15) is 4.39 Å². The number of hydrogen-bond acceptors (Lipinski definition) is 6. The molecule has 2 aliphatic heterocycles. The minimum atomic E-state index is -0.471. The third-order valence-electron chi connectivity index (χ3n) is 5.23. The molecule has 1 unspecified atom stereocenters. The first-order valence-corrected chi connectivity index (χ1v) is 12.0. The summed E-state index contributed by atoms with van der Waals surface area (Å²) in [6.07, 6.45) is 5.98. The SMILES string of the molecule is CN(C)c1ccc(-c2ccc(C3=NC4C=CC(OCCOCCI)=CN4C3)cc2)c(F)n1. The first-order valence-electron chi connectivity index (χ1n) is 10.5. The van der Waals surface area contributed by atoms with Crippen molar-refractivity contribution in [2.24, 2.45) is 4.99 Å². The smallest absolute Gasteiger partial charge is 0.222 e. The summed E-state index contributed by atoms with van der Waals surface area (Å²) in [6, 6.07) is 11.4. The molecule has 2 aliphatic rings. The number of alkyl halides is 1. The Morgan fingerprint density at radius 3 is 2.59 bits per heavy atom. The molecule has 0 bridgehead atoms. The molecule has 0 saturated carbocycles. The van der Waals surface area contributed by atoms with Crippen LogP contribution < -0.4 is 4.90 Å². The molecule has 2 aromatic rings. The molecule has 0 N–H and O–H groups in total. The van der Waals surface area contributed by atoms with Gasteiger partial charge in [0.1, 0.15) is 24.3 Å². The lowest BCUT2D eigenvalue weighted by Crippen LogP contribution is -2.27. The molecule has 6 nitrogen and oxygen atoms in total. The fraction of sp³-hybridized carbons (Fsp3) is 0.333. The van der Waals surface area contributed by atoms with Crippen LogP contribution in [0.3, 0.4) is 0 Å². The van der Waals surface area contributed by atoms with Gasteiger partial charge in [-0.3, -0.25) is 4.99 Å². The molecule has 8 heteroatoms. The van der Waals surface area contributed by atoms with E-state index in [0.29, 0.717) is 31.1 Å². The van der Waals surface area contributed by atoms with Gasteiger partial charge in [0.2, 0.25) is 5.95 Å². The molecule has 3 heterocycles. The van der Waals surface area contributed by atoms with Gasteiger partial charge in [0.05, 0.1) is 25.5 Å². The lowest BCUT2D eigenvalue weighted by Gasteiger charge is -2.23. The molecular formula is C24H26FIN4O2. The van der Waals surface area contributed by atoms with E-state index in [1.807, 2.05) is 62.8 Å². The Balaban J connectivity index is 1.39. The lowest BCUT2D eigenvalue weighted by atomic mass is 10.0. The van der Waals surface area contributed by atoms with Gasteiger partial charge in [0.15, 0.2) is 0 Å². The molecule has 1 aromatic carbocycles. The minimum Gasteiger partial charge on any atom is -0.490 e. The van der Waals surface area contributed by atoms with Crippen molar-refractivity contribution in [1.82, 2.24) is 9.88 Å². The van der Waals surface area contributed by atoms with Crippen molar-refractivity contribution in [2.75, 3.05) is 49.8 Å². The van der Waals surface area contributed by atoms with Gasteiger partial charge in [-0.05, 0) is 35.4 Å². The highest BCUT2D eigenvalue weighted by atomic mass is 127. The number of anilines is 1. The highest BCUT2D eigenvalue weighted by Crippen LogP contribution is 2.26. The minimum absolute atomic E-state index is 0.0208. The second-order valence-corrected chi connectivity index (χ2v) is 8.76. The van der Waals surface area contributed by atoms with Crippen LogP contribution in [0.25, 0.3) is 11.1 Å². The van der Waals surface area contributed by atoms with Crippen LogP contribution in [0.15, 0.2) is 65.5 Å². The van der Waals surface area contributed by atoms with E-state index in [1.165, 1.54) is 0 Å². The highest BCUT2D eigenvalue weighted by Gasteiger charge is 2.26. The summed E-state index contributed by atoms with van der Waals surface area (Å²) in [4.78, 5) is 12.8. The van der Waals surface area contributed by atoms with E-state index in [4.69, 9.17) is 14.5 Å². The average molecular weight is 548 g/mol. The Bertz CT molecular complexity index is 1040.